The molecule has 3 saturated carbocycles. The second kappa shape index (κ2) is 6.33. The van der Waals surface area contributed by atoms with Crippen molar-refractivity contribution in [1.82, 2.24) is 5.32 Å². The van der Waals surface area contributed by atoms with Gasteiger partial charge in [0.15, 0.2) is 0 Å². The molecule has 0 radical (unpaired) electrons. The first-order valence-electron chi connectivity index (χ1n) is 8.70. The topological polar surface area (TPSA) is 41.5 Å². The van der Waals surface area contributed by atoms with E-state index in [0.717, 1.165) is 12.5 Å². The summed E-state index contributed by atoms with van der Waals surface area (Å²) in [5.41, 5.74) is 0.623. The van der Waals surface area contributed by atoms with Gasteiger partial charge in [0.2, 0.25) is 0 Å². The minimum atomic E-state index is -0.348. The van der Waals surface area contributed by atoms with E-state index in [9.17, 15) is 5.11 Å². The number of nitrogens with one attached hydrogen (secondary N) is 1. The van der Waals surface area contributed by atoms with Gasteiger partial charge >= 0.3 is 0 Å². The van der Waals surface area contributed by atoms with Gasteiger partial charge in [-0.25, -0.2) is 0 Å². The molecule has 0 bridgehead atoms. The summed E-state index contributed by atoms with van der Waals surface area (Å²) in [7, 11) is 0. The van der Waals surface area contributed by atoms with Gasteiger partial charge in [-0.05, 0) is 55.8 Å². The van der Waals surface area contributed by atoms with Crippen molar-refractivity contribution in [3.05, 3.63) is 0 Å². The average Bonchev–Trinajstić information content (AvgIpc) is 3.30. The van der Waals surface area contributed by atoms with Crippen molar-refractivity contribution in [3.63, 3.8) is 0 Å². The molecule has 116 valence electrons. The minimum absolute atomic E-state index is 0.348. The fourth-order valence-electron chi connectivity index (χ4n) is 3.90. The zero-order valence-electron chi connectivity index (χ0n) is 12.9. The van der Waals surface area contributed by atoms with E-state index in [1.54, 1.807) is 0 Å². The van der Waals surface area contributed by atoms with Crippen LogP contribution < -0.4 is 5.32 Å². The van der Waals surface area contributed by atoms with E-state index in [1.165, 1.54) is 51.4 Å². The summed E-state index contributed by atoms with van der Waals surface area (Å²) in [6.45, 7) is 4.57. The predicted molar refractivity (Wildman–Crippen MR) is 80.6 cm³/mol. The van der Waals surface area contributed by atoms with Crippen molar-refractivity contribution in [2.75, 3.05) is 19.7 Å². The van der Waals surface area contributed by atoms with Crippen LogP contribution in [0.3, 0.4) is 0 Å². The molecule has 3 fully saturated rings. The quantitative estimate of drug-likeness (QED) is 0.719. The van der Waals surface area contributed by atoms with Crippen molar-refractivity contribution < 1.29 is 9.84 Å². The molecule has 0 aromatic rings. The van der Waals surface area contributed by atoms with Gasteiger partial charge in [-0.15, -0.1) is 0 Å². The molecule has 0 amide bonds. The SMILES string of the molecule is CC1CCCCC1OCC(O)CNCC1(C2CC2)CC1. The monoisotopic (exact) mass is 281 g/mol. The summed E-state index contributed by atoms with van der Waals surface area (Å²) in [4.78, 5) is 0. The summed E-state index contributed by atoms with van der Waals surface area (Å²) in [6, 6.07) is 0. The maximum Gasteiger partial charge on any atom is 0.0897 e. The highest BCUT2D eigenvalue weighted by atomic mass is 16.5. The zero-order chi connectivity index (χ0) is 14.0. The van der Waals surface area contributed by atoms with Gasteiger partial charge in [0.05, 0.1) is 18.8 Å². The lowest BCUT2D eigenvalue weighted by atomic mass is 9.88. The van der Waals surface area contributed by atoms with Crippen molar-refractivity contribution in [2.24, 2.45) is 17.3 Å². The van der Waals surface area contributed by atoms with Gasteiger partial charge in [-0.3, -0.25) is 0 Å². The number of rotatable bonds is 8. The predicted octanol–water partition coefficient (Wildman–Crippen LogP) is 2.72. The lowest BCUT2D eigenvalue weighted by Crippen LogP contribution is -2.36. The maximum atomic E-state index is 10.1. The van der Waals surface area contributed by atoms with E-state index in [1.807, 2.05) is 0 Å². The van der Waals surface area contributed by atoms with Crippen molar-refractivity contribution in [2.45, 2.75) is 70.5 Å². The van der Waals surface area contributed by atoms with E-state index in [2.05, 4.69) is 12.2 Å². The molecule has 0 spiro atoms. The average molecular weight is 281 g/mol. The molecule has 3 heteroatoms. The van der Waals surface area contributed by atoms with E-state index in [4.69, 9.17) is 4.74 Å². The Balaban J connectivity index is 1.28. The van der Waals surface area contributed by atoms with Gasteiger partial charge in [0, 0.05) is 13.1 Å². The molecule has 0 heterocycles. The third-order valence-electron chi connectivity index (χ3n) is 5.73. The second-order valence-electron chi connectivity index (χ2n) is 7.55. The van der Waals surface area contributed by atoms with Crippen molar-refractivity contribution in [3.8, 4) is 0 Å². The Kier molecular flexibility index (Phi) is 4.68. The Bertz CT molecular complexity index is 312. The van der Waals surface area contributed by atoms with Crippen LogP contribution in [0.2, 0.25) is 0 Å². The van der Waals surface area contributed by atoms with Crippen LogP contribution in [0.4, 0.5) is 0 Å². The first kappa shape index (κ1) is 14.8. The Hall–Kier alpha value is -0.120. The molecular formula is C17H31NO2. The second-order valence-corrected chi connectivity index (χ2v) is 7.55. The fraction of sp³-hybridized carbons (Fsp3) is 1.00. The summed E-state index contributed by atoms with van der Waals surface area (Å²) < 4.78 is 5.93. The molecule has 3 unspecified atom stereocenters. The highest BCUT2D eigenvalue weighted by molar-refractivity contribution is 5.05. The van der Waals surface area contributed by atoms with E-state index >= 15 is 0 Å². The van der Waals surface area contributed by atoms with Crippen LogP contribution in [0, 0.1) is 17.3 Å². The normalized spacial score (nSPS) is 33.9. The molecular weight excluding hydrogens is 250 g/mol. The van der Waals surface area contributed by atoms with Crippen LogP contribution in [0.25, 0.3) is 0 Å². The lowest BCUT2D eigenvalue weighted by molar-refractivity contribution is -0.0453. The summed E-state index contributed by atoms with van der Waals surface area (Å²) >= 11 is 0. The molecule has 3 nitrogen and oxygen atoms in total. The Labute approximate surface area is 123 Å². The summed E-state index contributed by atoms with van der Waals surface area (Å²) in [6.07, 6.45) is 10.8. The van der Waals surface area contributed by atoms with Crippen molar-refractivity contribution >= 4 is 0 Å². The number of aliphatic hydroxyl groups is 1. The smallest absolute Gasteiger partial charge is 0.0897 e. The zero-order valence-corrected chi connectivity index (χ0v) is 12.9. The molecule has 0 aliphatic heterocycles. The van der Waals surface area contributed by atoms with Crippen LogP contribution in [0.1, 0.15) is 58.3 Å². The lowest BCUT2D eigenvalue weighted by Gasteiger charge is -2.29. The maximum absolute atomic E-state index is 10.1. The van der Waals surface area contributed by atoms with E-state index in [0.29, 0.717) is 30.6 Å². The fourth-order valence-corrected chi connectivity index (χ4v) is 3.90. The van der Waals surface area contributed by atoms with Crippen LogP contribution in [0.5, 0.6) is 0 Å². The number of aliphatic hydroxyl groups excluding tert-OH is 1. The van der Waals surface area contributed by atoms with Gasteiger partial charge in [-0.1, -0.05) is 19.8 Å². The highest BCUT2D eigenvalue weighted by Gasteiger charge is 2.53. The summed E-state index contributed by atoms with van der Waals surface area (Å²) in [5.74, 6) is 1.65. The standard InChI is InChI=1S/C17H31NO2/c1-13-4-2-3-5-16(13)20-11-15(19)10-18-12-17(8-9-17)14-6-7-14/h13-16,18-19H,2-12H2,1H3. The molecule has 3 rings (SSSR count). The molecule has 3 atom stereocenters. The van der Waals surface area contributed by atoms with Gasteiger partial charge in [0.25, 0.3) is 0 Å². The first-order chi connectivity index (χ1) is 9.70. The Morgan fingerprint density at radius 3 is 2.60 bits per heavy atom. The van der Waals surface area contributed by atoms with Gasteiger partial charge in [-0.2, -0.15) is 0 Å². The van der Waals surface area contributed by atoms with E-state index < -0.39 is 0 Å². The summed E-state index contributed by atoms with van der Waals surface area (Å²) in [5, 5.41) is 13.5. The van der Waals surface area contributed by atoms with Crippen LogP contribution in [0.15, 0.2) is 0 Å². The molecule has 2 N–H and O–H groups in total. The largest absolute Gasteiger partial charge is 0.389 e. The van der Waals surface area contributed by atoms with Crippen LogP contribution in [-0.4, -0.2) is 37.0 Å². The number of hydrogen-bond acceptors (Lipinski definition) is 3. The van der Waals surface area contributed by atoms with Crippen LogP contribution >= 0.6 is 0 Å². The van der Waals surface area contributed by atoms with Gasteiger partial charge in [0.1, 0.15) is 0 Å². The molecule has 3 aliphatic carbocycles. The molecule has 3 aliphatic rings. The van der Waals surface area contributed by atoms with Crippen molar-refractivity contribution in [1.29, 1.82) is 0 Å². The third-order valence-corrected chi connectivity index (χ3v) is 5.73. The minimum Gasteiger partial charge on any atom is -0.389 e. The van der Waals surface area contributed by atoms with Crippen LogP contribution in [-0.2, 0) is 4.74 Å². The third kappa shape index (κ3) is 3.75. The molecule has 0 saturated heterocycles. The number of hydrogen-bond donors (Lipinski definition) is 2. The molecule has 0 aromatic heterocycles. The van der Waals surface area contributed by atoms with Gasteiger partial charge < -0.3 is 15.2 Å². The molecule has 20 heavy (non-hydrogen) atoms. The van der Waals surface area contributed by atoms with E-state index in [-0.39, 0.29) is 6.10 Å². The first-order valence-corrected chi connectivity index (χ1v) is 8.70. The molecule has 0 aromatic carbocycles. The number of ether oxygens (including phenoxy) is 1. The highest BCUT2D eigenvalue weighted by Crippen LogP contribution is 2.60. The Morgan fingerprint density at radius 2 is 1.95 bits per heavy atom. The Morgan fingerprint density at radius 1 is 1.20 bits per heavy atom.